The van der Waals surface area contributed by atoms with E-state index in [1.807, 2.05) is 7.05 Å². The number of carbonyl (C=O) groups excluding carboxylic acids is 1. The number of piperidine rings is 1. The molecule has 3 rings (SSSR count). The van der Waals surface area contributed by atoms with Crippen molar-refractivity contribution in [3.8, 4) is 0 Å². The number of nitrogens with zero attached hydrogens (tertiary/aromatic N) is 3. The van der Waals surface area contributed by atoms with Crippen molar-refractivity contribution >= 4 is 11.9 Å². The van der Waals surface area contributed by atoms with Gasteiger partial charge in [0.1, 0.15) is 0 Å². The average Bonchev–Trinajstić information content (AvgIpc) is 3.19. The lowest BCUT2D eigenvalue weighted by molar-refractivity contribution is -0.135. The highest BCUT2D eigenvalue weighted by atomic mass is 16.2. The van der Waals surface area contributed by atoms with Gasteiger partial charge in [0.15, 0.2) is 5.96 Å². The molecule has 2 aliphatic heterocycles. The first-order chi connectivity index (χ1) is 13.7. The molecule has 3 aliphatic rings. The van der Waals surface area contributed by atoms with E-state index in [1.54, 1.807) is 0 Å². The minimum atomic E-state index is 0.280. The Balaban J connectivity index is 1.33. The number of carbonyl (C=O) groups is 1. The van der Waals surface area contributed by atoms with Gasteiger partial charge < -0.3 is 20.4 Å². The number of hydrogen-bond donors (Lipinski definition) is 2. The molecule has 6 nitrogen and oxygen atoms in total. The van der Waals surface area contributed by atoms with Crippen LogP contribution in [-0.2, 0) is 4.79 Å². The molecule has 0 aromatic carbocycles. The highest BCUT2D eigenvalue weighted by Crippen LogP contribution is 2.26. The third-order valence-corrected chi connectivity index (χ3v) is 6.70. The number of hydrogen-bond acceptors (Lipinski definition) is 3. The molecule has 0 spiro atoms. The topological polar surface area (TPSA) is 60.0 Å². The zero-order valence-electron chi connectivity index (χ0n) is 18.1. The summed E-state index contributed by atoms with van der Waals surface area (Å²) in [6.07, 6.45) is 10.8. The summed E-state index contributed by atoms with van der Waals surface area (Å²) < 4.78 is 0. The van der Waals surface area contributed by atoms with E-state index in [4.69, 9.17) is 0 Å². The molecule has 0 aromatic heterocycles. The monoisotopic (exact) mass is 391 g/mol. The van der Waals surface area contributed by atoms with Gasteiger partial charge in [0.05, 0.1) is 0 Å². The van der Waals surface area contributed by atoms with Crippen LogP contribution in [0.2, 0.25) is 0 Å². The Kier molecular flexibility index (Phi) is 8.44. The molecular weight excluding hydrogens is 350 g/mol. The molecule has 0 bridgehead atoms. The van der Waals surface area contributed by atoms with Crippen LogP contribution in [0.4, 0.5) is 0 Å². The van der Waals surface area contributed by atoms with E-state index < -0.39 is 0 Å². The summed E-state index contributed by atoms with van der Waals surface area (Å²) in [6.45, 7) is 8.69. The van der Waals surface area contributed by atoms with Gasteiger partial charge in [-0.15, -0.1) is 0 Å². The van der Waals surface area contributed by atoms with Crippen LogP contribution in [0.3, 0.4) is 0 Å². The van der Waals surface area contributed by atoms with Crippen LogP contribution in [0.1, 0.15) is 64.7 Å². The van der Waals surface area contributed by atoms with Gasteiger partial charge in [0.2, 0.25) is 5.91 Å². The van der Waals surface area contributed by atoms with Crippen LogP contribution >= 0.6 is 0 Å². The van der Waals surface area contributed by atoms with Crippen LogP contribution < -0.4 is 10.6 Å². The third-order valence-electron chi connectivity index (χ3n) is 6.70. The lowest BCUT2D eigenvalue weighted by Crippen LogP contribution is -2.46. The normalized spacial score (nSPS) is 27.8. The van der Waals surface area contributed by atoms with Crippen molar-refractivity contribution in [2.75, 3.05) is 46.3 Å². The van der Waals surface area contributed by atoms with Crippen LogP contribution in [0.15, 0.2) is 4.99 Å². The van der Waals surface area contributed by atoms with E-state index in [9.17, 15) is 4.79 Å². The SMILES string of the molecule is CN=C(NCCCN1CCCC(C)C1)NC1CCN(C(=O)C2CCCCC2)C1. The Bertz CT molecular complexity index is 517. The van der Waals surface area contributed by atoms with Gasteiger partial charge in [-0.25, -0.2) is 0 Å². The second kappa shape index (κ2) is 11.0. The summed E-state index contributed by atoms with van der Waals surface area (Å²) in [7, 11) is 1.83. The van der Waals surface area contributed by atoms with Crippen molar-refractivity contribution < 1.29 is 4.79 Å². The molecule has 2 atom stereocenters. The average molecular weight is 392 g/mol. The first kappa shape index (κ1) is 21.4. The van der Waals surface area contributed by atoms with Crippen molar-refractivity contribution in [2.45, 2.75) is 70.8 Å². The fourth-order valence-corrected chi connectivity index (χ4v) is 5.07. The number of nitrogens with one attached hydrogen (secondary N) is 2. The highest BCUT2D eigenvalue weighted by Gasteiger charge is 2.31. The van der Waals surface area contributed by atoms with Crippen LogP contribution in [0, 0.1) is 11.8 Å². The van der Waals surface area contributed by atoms with Crippen molar-refractivity contribution in [3.05, 3.63) is 0 Å². The van der Waals surface area contributed by atoms with Gasteiger partial charge in [-0.2, -0.15) is 0 Å². The van der Waals surface area contributed by atoms with E-state index in [1.165, 1.54) is 51.7 Å². The molecule has 2 unspecified atom stereocenters. The predicted octanol–water partition coefficient (Wildman–Crippen LogP) is 2.45. The quantitative estimate of drug-likeness (QED) is 0.415. The standard InChI is InChI=1S/C22H41N5O/c1-18-8-6-13-26(16-18)14-7-12-24-22(23-2)25-20-11-15-27(17-20)21(28)19-9-4-3-5-10-19/h18-20H,3-17H2,1-2H3,(H2,23,24,25). The third kappa shape index (κ3) is 6.36. The van der Waals surface area contributed by atoms with E-state index in [2.05, 4.69) is 32.3 Å². The van der Waals surface area contributed by atoms with Crippen molar-refractivity contribution in [1.82, 2.24) is 20.4 Å². The number of guanidine groups is 1. The predicted molar refractivity (Wildman–Crippen MR) is 116 cm³/mol. The Morgan fingerprint density at radius 1 is 1.04 bits per heavy atom. The Morgan fingerprint density at radius 3 is 2.61 bits per heavy atom. The first-order valence-electron chi connectivity index (χ1n) is 11.6. The minimum absolute atomic E-state index is 0.280. The van der Waals surface area contributed by atoms with Gasteiger partial charge in [0.25, 0.3) is 0 Å². The Morgan fingerprint density at radius 2 is 1.86 bits per heavy atom. The molecule has 0 radical (unpaired) electrons. The van der Waals surface area contributed by atoms with E-state index in [0.717, 1.165) is 57.2 Å². The molecule has 2 heterocycles. The minimum Gasteiger partial charge on any atom is -0.356 e. The van der Waals surface area contributed by atoms with E-state index in [-0.39, 0.29) is 5.92 Å². The Labute approximate surface area is 171 Å². The zero-order chi connectivity index (χ0) is 19.8. The molecule has 1 saturated carbocycles. The summed E-state index contributed by atoms with van der Waals surface area (Å²) in [5, 5.41) is 6.99. The zero-order valence-corrected chi connectivity index (χ0v) is 18.1. The summed E-state index contributed by atoms with van der Waals surface area (Å²) >= 11 is 0. The number of likely N-dealkylation sites (tertiary alicyclic amines) is 2. The van der Waals surface area contributed by atoms with Crippen LogP contribution in [0.5, 0.6) is 0 Å². The fourth-order valence-electron chi connectivity index (χ4n) is 5.07. The molecule has 160 valence electrons. The molecule has 28 heavy (non-hydrogen) atoms. The molecular formula is C22H41N5O. The molecule has 1 amide bonds. The van der Waals surface area contributed by atoms with Crippen LogP contribution in [0.25, 0.3) is 0 Å². The van der Waals surface area contributed by atoms with E-state index in [0.29, 0.717) is 11.9 Å². The second-order valence-electron chi connectivity index (χ2n) is 9.15. The number of amides is 1. The van der Waals surface area contributed by atoms with Crippen molar-refractivity contribution in [3.63, 3.8) is 0 Å². The first-order valence-corrected chi connectivity index (χ1v) is 11.6. The maximum atomic E-state index is 12.7. The molecule has 3 fully saturated rings. The highest BCUT2D eigenvalue weighted by molar-refractivity contribution is 5.81. The smallest absolute Gasteiger partial charge is 0.225 e. The molecule has 2 N–H and O–H groups in total. The lowest BCUT2D eigenvalue weighted by atomic mass is 9.88. The Hall–Kier alpha value is -1.30. The van der Waals surface area contributed by atoms with E-state index >= 15 is 0 Å². The number of rotatable bonds is 6. The number of aliphatic imine (C=N–C) groups is 1. The molecule has 2 saturated heterocycles. The van der Waals surface area contributed by atoms with Gasteiger partial charge in [0, 0.05) is 45.2 Å². The van der Waals surface area contributed by atoms with Gasteiger partial charge >= 0.3 is 0 Å². The van der Waals surface area contributed by atoms with Crippen LogP contribution in [-0.4, -0.2) is 74.0 Å². The molecule has 0 aromatic rings. The maximum Gasteiger partial charge on any atom is 0.225 e. The maximum absolute atomic E-state index is 12.7. The summed E-state index contributed by atoms with van der Waals surface area (Å²) in [6, 6.07) is 0.321. The van der Waals surface area contributed by atoms with Gasteiger partial charge in [-0.3, -0.25) is 9.79 Å². The van der Waals surface area contributed by atoms with Crippen molar-refractivity contribution in [1.29, 1.82) is 0 Å². The molecule has 1 aliphatic carbocycles. The largest absolute Gasteiger partial charge is 0.356 e. The fraction of sp³-hybridized carbons (Fsp3) is 0.909. The lowest BCUT2D eigenvalue weighted by Gasteiger charge is -2.30. The van der Waals surface area contributed by atoms with Gasteiger partial charge in [-0.05, 0) is 57.5 Å². The molecule has 6 heteroatoms. The van der Waals surface area contributed by atoms with Gasteiger partial charge in [-0.1, -0.05) is 26.2 Å². The summed E-state index contributed by atoms with van der Waals surface area (Å²) in [5.41, 5.74) is 0. The summed E-state index contributed by atoms with van der Waals surface area (Å²) in [5.74, 6) is 2.40. The second-order valence-corrected chi connectivity index (χ2v) is 9.15. The summed E-state index contributed by atoms with van der Waals surface area (Å²) in [4.78, 5) is 21.8. The van der Waals surface area contributed by atoms with Crippen molar-refractivity contribution in [2.24, 2.45) is 16.8 Å².